The van der Waals surface area contributed by atoms with E-state index in [2.05, 4.69) is 5.32 Å². The van der Waals surface area contributed by atoms with Gasteiger partial charge in [0.15, 0.2) is 19.0 Å². The Bertz CT molecular complexity index is 1300. The van der Waals surface area contributed by atoms with Gasteiger partial charge in [0.1, 0.15) is 5.75 Å². The maximum absolute atomic E-state index is 13.1. The molecule has 0 spiro atoms. The van der Waals surface area contributed by atoms with E-state index >= 15 is 0 Å². The number of esters is 1. The molecule has 5 rings (SSSR count). The van der Waals surface area contributed by atoms with Crippen molar-refractivity contribution in [1.82, 2.24) is 0 Å². The fourth-order valence-corrected chi connectivity index (χ4v) is 5.20. The van der Waals surface area contributed by atoms with E-state index in [9.17, 15) is 19.2 Å². The normalized spacial score (nSPS) is 19.1. The van der Waals surface area contributed by atoms with E-state index in [-0.39, 0.29) is 30.4 Å². The minimum atomic E-state index is -0.744. The maximum Gasteiger partial charge on any atom is 0.312 e. The Morgan fingerprint density at radius 3 is 2.69 bits per heavy atom. The zero-order valence-electron chi connectivity index (χ0n) is 18.9. The number of hydrogen-bond donors (Lipinski definition) is 1. The van der Waals surface area contributed by atoms with Crippen LogP contribution in [0.5, 0.6) is 5.75 Å². The number of nitrogens with zero attached hydrogens (tertiary/aromatic N) is 1. The van der Waals surface area contributed by atoms with E-state index < -0.39 is 30.3 Å². The van der Waals surface area contributed by atoms with Gasteiger partial charge in [0.05, 0.1) is 17.6 Å². The van der Waals surface area contributed by atoms with Gasteiger partial charge in [0, 0.05) is 22.5 Å². The molecule has 2 amide bonds. The Hall–Kier alpha value is -3.98. The quantitative estimate of drug-likeness (QED) is 0.415. The monoisotopic (exact) mass is 490 g/mol. The van der Waals surface area contributed by atoms with Crippen molar-refractivity contribution in [2.75, 3.05) is 23.4 Å². The van der Waals surface area contributed by atoms with Crippen LogP contribution in [0.3, 0.4) is 0 Å². The zero-order chi connectivity index (χ0) is 24.5. The topological polar surface area (TPSA) is 102 Å². The van der Waals surface area contributed by atoms with Gasteiger partial charge in [-0.05, 0) is 48.7 Å². The van der Waals surface area contributed by atoms with Gasteiger partial charge < -0.3 is 19.7 Å². The standard InChI is InChI=1S/C26H22N2O6S/c1-15-4-7-17(8-5-15)28-24(31)12-18(25(28)22-3-2-10-35-22)26(32)34-13-20(29)16-6-9-21-19(11-16)27-23(30)14-33-21/h2-11,18,25H,12-14H2,1H3,(H,27,30)/t18-,25-/m1/s1. The highest BCUT2D eigenvalue weighted by atomic mass is 32.1. The average molecular weight is 491 g/mol. The molecular weight excluding hydrogens is 468 g/mol. The highest BCUT2D eigenvalue weighted by Crippen LogP contribution is 2.43. The predicted octanol–water partition coefficient (Wildman–Crippen LogP) is 3.91. The lowest BCUT2D eigenvalue weighted by molar-refractivity contribution is -0.148. The first-order valence-corrected chi connectivity index (χ1v) is 12.0. The average Bonchev–Trinajstić information content (AvgIpc) is 3.50. The molecule has 2 aliphatic heterocycles. The number of fused-ring (bicyclic) bond motifs is 1. The van der Waals surface area contributed by atoms with E-state index in [0.29, 0.717) is 17.1 Å². The van der Waals surface area contributed by atoms with Crippen molar-refractivity contribution in [1.29, 1.82) is 0 Å². The second kappa shape index (κ2) is 9.34. The summed E-state index contributed by atoms with van der Waals surface area (Å²) in [6, 6.07) is 15.5. The minimum absolute atomic E-state index is 0.00825. The van der Waals surface area contributed by atoms with E-state index in [0.717, 1.165) is 10.4 Å². The van der Waals surface area contributed by atoms with Gasteiger partial charge >= 0.3 is 5.97 Å². The molecule has 1 aromatic heterocycles. The largest absolute Gasteiger partial charge is 0.482 e. The third-order valence-corrected chi connectivity index (χ3v) is 6.99. The number of hydrogen-bond acceptors (Lipinski definition) is 7. The number of rotatable bonds is 6. The summed E-state index contributed by atoms with van der Waals surface area (Å²) >= 11 is 1.46. The molecule has 178 valence electrons. The van der Waals surface area contributed by atoms with Crippen LogP contribution in [0.1, 0.15) is 33.3 Å². The number of aryl methyl sites for hydroxylation is 1. The SMILES string of the molecule is Cc1ccc(N2C(=O)C[C@@H](C(=O)OCC(=O)c3ccc4c(c3)NC(=O)CO4)[C@@H]2c2cccs2)cc1. The van der Waals surface area contributed by atoms with Crippen LogP contribution in [-0.4, -0.2) is 36.8 Å². The summed E-state index contributed by atoms with van der Waals surface area (Å²) in [4.78, 5) is 52.9. The van der Waals surface area contributed by atoms with Crippen LogP contribution < -0.4 is 15.0 Å². The molecule has 3 aromatic rings. The second-order valence-corrected chi connectivity index (χ2v) is 9.43. The van der Waals surface area contributed by atoms with Crippen LogP contribution in [0.25, 0.3) is 0 Å². The number of Topliss-reactive ketones (excluding diaryl/α,β-unsaturated/α-hetero) is 1. The van der Waals surface area contributed by atoms with Gasteiger partial charge in [-0.25, -0.2) is 0 Å². The van der Waals surface area contributed by atoms with Crippen LogP contribution in [0.15, 0.2) is 60.0 Å². The zero-order valence-corrected chi connectivity index (χ0v) is 19.7. The summed E-state index contributed by atoms with van der Waals surface area (Å²) in [6.45, 7) is 1.41. The lowest BCUT2D eigenvalue weighted by atomic mass is 9.98. The number of benzene rings is 2. The second-order valence-electron chi connectivity index (χ2n) is 8.45. The Morgan fingerprint density at radius 1 is 1.14 bits per heavy atom. The van der Waals surface area contributed by atoms with Gasteiger partial charge in [-0.1, -0.05) is 23.8 Å². The third-order valence-electron chi connectivity index (χ3n) is 6.05. The molecule has 2 aliphatic rings. The third kappa shape index (κ3) is 4.54. The molecule has 0 bridgehead atoms. The van der Waals surface area contributed by atoms with Gasteiger partial charge in [0.2, 0.25) is 5.91 Å². The van der Waals surface area contributed by atoms with Crippen molar-refractivity contribution in [2.45, 2.75) is 19.4 Å². The Morgan fingerprint density at radius 2 is 1.94 bits per heavy atom. The van der Waals surface area contributed by atoms with Crippen LogP contribution in [0, 0.1) is 12.8 Å². The number of anilines is 2. The summed E-state index contributed by atoms with van der Waals surface area (Å²) in [5.41, 5.74) is 2.45. The highest BCUT2D eigenvalue weighted by Gasteiger charge is 2.46. The van der Waals surface area contributed by atoms with Crippen LogP contribution >= 0.6 is 11.3 Å². The van der Waals surface area contributed by atoms with Gasteiger partial charge in [-0.15, -0.1) is 11.3 Å². The van der Waals surface area contributed by atoms with Crippen molar-refractivity contribution in [3.8, 4) is 5.75 Å². The lowest BCUT2D eigenvalue weighted by Crippen LogP contribution is -2.31. The number of nitrogens with one attached hydrogen (secondary N) is 1. The molecule has 1 fully saturated rings. The lowest BCUT2D eigenvalue weighted by Gasteiger charge is -2.27. The van der Waals surface area contributed by atoms with Crippen LogP contribution in [-0.2, 0) is 19.1 Å². The summed E-state index contributed by atoms with van der Waals surface area (Å²) in [7, 11) is 0. The smallest absolute Gasteiger partial charge is 0.312 e. The fourth-order valence-electron chi connectivity index (χ4n) is 4.32. The van der Waals surface area contributed by atoms with Crippen LogP contribution in [0.2, 0.25) is 0 Å². The number of ether oxygens (including phenoxy) is 2. The van der Waals surface area contributed by atoms with Gasteiger partial charge in [-0.3, -0.25) is 19.2 Å². The molecule has 0 unspecified atom stereocenters. The summed E-state index contributed by atoms with van der Waals surface area (Å²) in [5.74, 6) is -1.78. The number of thiophene rings is 1. The number of carbonyl (C=O) groups excluding carboxylic acids is 4. The highest BCUT2D eigenvalue weighted by molar-refractivity contribution is 7.10. The molecule has 3 heterocycles. The first-order valence-electron chi connectivity index (χ1n) is 11.1. The molecule has 1 N–H and O–H groups in total. The summed E-state index contributed by atoms with van der Waals surface area (Å²) in [5, 5.41) is 4.55. The minimum Gasteiger partial charge on any atom is -0.482 e. The van der Waals surface area contributed by atoms with E-state index in [1.807, 2.05) is 48.7 Å². The van der Waals surface area contributed by atoms with E-state index in [4.69, 9.17) is 9.47 Å². The maximum atomic E-state index is 13.1. The molecule has 8 nitrogen and oxygen atoms in total. The number of amides is 2. The van der Waals surface area contributed by atoms with Crippen molar-refractivity contribution in [3.05, 3.63) is 76.0 Å². The van der Waals surface area contributed by atoms with Crippen molar-refractivity contribution >= 4 is 46.3 Å². The fraction of sp³-hybridized carbons (Fsp3) is 0.231. The molecule has 2 aromatic carbocycles. The van der Waals surface area contributed by atoms with E-state index in [1.165, 1.54) is 17.4 Å². The van der Waals surface area contributed by atoms with Crippen molar-refractivity contribution in [3.63, 3.8) is 0 Å². The van der Waals surface area contributed by atoms with Crippen molar-refractivity contribution < 1.29 is 28.7 Å². The Balaban J connectivity index is 1.32. The summed E-state index contributed by atoms with van der Waals surface area (Å²) < 4.78 is 10.7. The summed E-state index contributed by atoms with van der Waals surface area (Å²) in [6.07, 6.45) is -0.00825. The molecule has 0 saturated carbocycles. The number of ketones is 1. The first kappa shape index (κ1) is 22.8. The molecule has 0 radical (unpaired) electrons. The molecule has 2 atom stereocenters. The Labute approximate surface area is 205 Å². The van der Waals surface area contributed by atoms with E-state index in [1.54, 1.807) is 17.0 Å². The molecular formula is C26H22N2O6S. The predicted molar refractivity (Wildman–Crippen MR) is 130 cm³/mol. The van der Waals surface area contributed by atoms with Crippen molar-refractivity contribution in [2.24, 2.45) is 5.92 Å². The van der Waals surface area contributed by atoms with Gasteiger partial charge in [-0.2, -0.15) is 0 Å². The number of carbonyl (C=O) groups is 4. The molecule has 9 heteroatoms. The molecule has 35 heavy (non-hydrogen) atoms. The van der Waals surface area contributed by atoms with Crippen LogP contribution in [0.4, 0.5) is 11.4 Å². The Kier molecular flexibility index (Phi) is 6.08. The van der Waals surface area contributed by atoms with Gasteiger partial charge in [0.25, 0.3) is 5.91 Å². The molecule has 0 aliphatic carbocycles. The molecule has 1 saturated heterocycles. The first-order chi connectivity index (χ1) is 16.9.